The van der Waals surface area contributed by atoms with Crippen LogP contribution in [0.15, 0.2) is 52.0 Å². The lowest BCUT2D eigenvalue weighted by molar-refractivity contribution is 0.122. The van der Waals surface area contributed by atoms with Gasteiger partial charge in [-0.1, -0.05) is 24.3 Å². The summed E-state index contributed by atoms with van der Waals surface area (Å²) < 4.78 is 20.1. The number of hydrogen-bond acceptors (Lipinski definition) is 8. The molecule has 1 fully saturated rings. The number of rotatable bonds is 6. The summed E-state index contributed by atoms with van der Waals surface area (Å²) >= 11 is 3.56. The Labute approximate surface area is 187 Å². The van der Waals surface area contributed by atoms with Gasteiger partial charge in [0.15, 0.2) is 0 Å². The van der Waals surface area contributed by atoms with Crippen LogP contribution < -0.4 is 15.6 Å². The molecule has 3 aromatic rings. The fourth-order valence-corrected chi connectivity index (χ4v) is 3.55. The molecule has 8 nitrogen and oxygen atoms in total. The Kier molecular flexibility index (Phi) is 6.68. The maximum absolute atomic E-state index is 13.8. The number of ether oxygens (including phenoxy) is 1. The minimum absolute atomic E-state index is 0.245. The van der Waals surface area contributed by atoms with Gasteiger partial charge >= 0.3 is 0 Å². The number of anilines is 4. The number of aromatic nitrogens is 3. The molecular formula is C21H21BrFN7O. The Balaban J connectivity index is 1.60. The van der Waals surface area contributed by atoms with Crippen molar-refractivity contribution in [2.45, 2.75) is 6.92 Å². The number of aryl methyl sites for hydroxylation is 1. The molecule has 0 radical (unpaired) electrons. The van der Waals surface area contributed by atoms with Gasteiger partial charge in [0.2, 0.25) is 17.8 Å². The van der Waals surface area contributed by atoms with Gasteiger partial charge in [0.25, 0.3) is 0 Å². The molecule has 0 unspecified atom stereocenters. The third-order valence-corrected chi connectivity index (χ3v) is 5.22. The lowest BCUT2D eigenvalue weighted by atomic mass is 10.2. The van der Waals surface area contributed by atoms with E-state index in [4.69, 9.17) is 4.74 Å². The summed E-state index contributed by atoms with van der Waals surface area (Å²) in [5.74, 6) is 0.761. The van der Waals surface area contributed by atoms with Crippen LogP contribution in [-0.2, 0) is 4.74 Å². The van der Waals surface area contributed by atoms with Gasteiger partial charge in [0.05, 0.1) is 25.1 Å². The van der Waals surface area contributed by atoms with Crippen molar-refractivity contribution in [2.24, 2.45) is 5.10 Å². The number of benzene rings is 2. The molecule has 1 aliphatic heterocycles. The predicted octanol–water partition coefficient (Wildman–Crippen LogP) is 4.11. The largest absolute Gasteiger partial charge is 0.378 e. The number of nitrogens with zero attached hydrogens (tertiary/aromatic N) is 5. The van der Waals surface area contributed by atoms with Crippen molar-refractivity contribution in [2.75, 3.05) is 41.9 Å². The smallest absolute Gasteiger partial charge is 0.250 e. The normalized spacial score (nSPS) is 14.1. The highest BCUT2D eigenvalue weighted by molar-refractivity contribution is 9.10. The van der Waals surface area contributed by atoms with E-state index in [2.05, 4.69) is 46.7 Å². The van der Waals surface area contributed by atoms with Crippen molar-refractivity contribution < 1.29 is 9.13 Å². The summed E-state index contributed by atoms with van der Waals surface area (Å²) in [5, 5.41) is 7.31. The second kappa shape index (κ2) is 9.80. The van der Waals surface area contributed by atoms with Crippen LogP contribution in [0.5, 0.6) is 0 Å². The van der Waals surface area contributed by atoms with E-state index >= 15 is 0 Å². The van der Waals surface area contributed by atoms with E-state index in [1.54, 1.807) is 18.2 Å². The van der Waals surface area contributed by atoms with Gasteiger partial charge in [0.1, 0.15) is 5.82 Å². The van der Waals surface area contributed by atoms with E-state index < -0.39 is 0 Å². The lowest BCUT2D eigenvalue weighted by Gasteiger charge is -2.27. The third-order valence-electron chi connectivity index (χ3n) is 4.56. The highest BCUT2D eigenvalue weighted by atomic mass is 79.9. The standard InChI is InChI=1S/C21H21BrFN7O/c1-14-6-7-18(16(22)12-14)25-19-26-20(28-21(27-19)30-8-10-31-11-9-30)29-24-13-15-4-2-3-5-17(15)23/h2-7,12-13H,8-11H2,1H3,(H2,25,26,27,28,29)/b24-13-. The van der Waals surface area contributed by atoms with Gasteiger partial charge in [-0.3, -0.25) is 0 Å². The van der Waals surface area contributed by atoms with E-state index in [-0.39, 0.29) is 11.8 Å². The minimum Gasteiger partial charge on any atom is -0.378 e. The molecule has 0 atom stereocenters. The molecular weight excluding hydrogens is 465 g/mol. The van der Waals surface area contributed by atoms with Crippen molar-refractivity contribution in [3.63, 3.8) is 0 Å². The molecule has 160 valence electrons. The fraction of sp³-hybridized carbons (Fsp3) is 0.238. The molecule has 1 saturated heterocycles. The first-order valence-electron chi connectivity index (χ1n) is 9.74. The summed E-state index contributed by atoms with van der Waals surface area (Å²) in [6, 6.07) is 12.3. The third kappa shape index (κ3) is 5.53. The summed E-state index contributed by atoms with van der Waals surface area (Å²) in [6.07, 6.45) is 1.39. The molecule has 1 aromatic heterocycles. The van der Waals surface area contributed by atoms with E-state index in [1.807, 2.05) is 30.0 Å². The monoisotopic (exact) mass is 485 g/mol. The summed E-state index contributed by atoms with van der Waals surface area (Å²) in [4.78, 5) is 15.5. The summed E-state index contributed by atoms with van der Waals surface area (Å²) in [5.41, 5.74) is 5.10. The number of nitrogens with one attached hydrogen (secondary N) is 2. The van der Waals surface area contributed by atoms with Gasteiger partial charge in [-0.15, -0.1) is 0 Å². The molecule has 0 saturated carbocycles. The van der Waals surface area contributed by atoms with Gasteiger partial charge in [-0.25, -0.2) is 9.82 Å². The van der Waals surface area contributed by atoms with E-state index in [0.29, 0.717) is 43.8 Å². The molecule has 31 heavy (non-hydrogen) atoms. The molecule has 10 heteroatoms. The molecule has 1 aliphatic rings. The molecule has 0 aliphatic carbocycles. The zero-order valence-electron chi connectivity index (χ0n) is 16.8. The Hall–Kier alpha value is -3.11. The average Bonchev–Trinajstić information content (AvgIpc) is 2.78. The van der Waals surface area contributed by atoms with Crippen molar-refractivity contribution in [3.8, 4) is 0 Å². The van der Waals surface area contributed by atoms with Gasteiger partial charge in [0, 0.05) is 23.1 Å². The summed E-state index contributed by atoms with van der Waals surface area (Å²) in [6.45, 7) is 4.58. The Morgan fingerprint density at radius 1 is 1.10 bits per heavy atom. The zero-order valence-corrected chi connectivity index (χ0v) is 18.4. The van der Waals surface area contributed by atoms with Crippen LogP contribution in [0, 0.1) is 12.7 Å². The van der Waals surface area contributed by atoms with E-state index in [9.17, 15) is 4.39 Å². The Morgan fingerprint density at radius 3 is 2.65 bits per heavy atom. The molecule has 0 spiro atoms. The van der Waals surface area contributed by atoms with Crippen molar-refractivity contribution >= 4 is 45.7 Å². The van der Waals surface area contributed by atoms with Gasteiger partial charge < -0.3 is 15.0 Å². The van der Waals surface area contributed by atoms with Crippen LogP contribution in [0.25, 0.3) is 0 Å². The molecule has 2 N–H and O–H groups in total. The van der Waals surface area contributed by atoms with Crippen LogP contribution in [-0.4, -0.2) is 47.5 Å². The maximum Gasteiger partial charge on any atom is 0.250 e. The number of halogens is 2. The quantitative estimate of drug-likeness (QED) is 0.401. The molecule has 4 rings (SSSR count). The maximum atomic E-state index is 13.8. The highest BCUT2D eigenvalue weighted by Crippen LogP contribution is 2.26. The van der Waals surface area contributed by atoms with Crippen LogP contribution >= 0.6 is 15.9 Å². The van der Waals surface area contributed by atoms with Crippen molar-refractivity contribution in [1.82, 2.24) is 15.0 Å². The number of hydrazone groups is 1. The van der Waals surface area contributed by atoms with Crippen LogP contribution in [0.1, 0.15) is 11.1 Å². The van der Waals surface area contributed by atoms with Crippen LogP contribution in [0.3, 0.4) is 0 Å². The number of morpholine rings is 1. The van der Waals surface area contributed by atoms with E-state index in [0.717, 1.165) is 15.7 Å². The minimum atomic E-state index is -0.357. The Morgan fingerprint density at radius 2 is 1.87 bits per heavy atom. The molecule has 0 bridgehead atoms. The first-order valence-corrected chi connectivity index (χ1v) is 10.5. The predicted molar refractivity (Wildman–Crippen MR) is 123 cm³/mol. The van der Waals surface area contributed by atoms with Crippen molar-refractivity contribution in [3.05, 3.63) is 63.9 Å². The molecule has 0 amide bonds. The van der Waals surface area contributed by atoms with Gasteiger partial charge in [-0.2, -0.15) is 20.1 Å². The fourth-order valence-electron chi connectivity index (χ4n) is 2.96. The first-order chi connectivity index (χ1) is 15.1. The molecule has 2 aromatic carbocycles. The number of hydrogen-bond donors (Lipinski definition) is 2. The van der Waals surface area contributed by atoms with E-state index in [1.165, 1.54) is 12.3 Å². The summed E-state index contributed by atoms with van der Waals surface area (Å²) in [7, 11) is 0. The highest BCUT2D eigenvalue weighted by Gasteiger charge is 2.17. The Bertz CT molecular complexity index is 1090. The average molecular weight is 486 g/mol. The van der Waals surface area contributed by atoms with Crippen LogP contribution in [0.2, 0.25) is 0 Å². The van der Waals surface area contributed by atoms with Gasteiger partial charge in [-0.05, 0) is 46.6 Å². The lowest BCUT2D eigenvalue weighted by Crippen LogP contribution is -2.37. The molecule has 2 heterocycles. The SMILES string of the molecule is Cc1ccc(Nc2nc(N/N=C\c3ccccc3F)nc(N3CCOCC3)n2)c(Br)c1. The van der Waals surface area contributed by atoms with Crippen molar-refractivity contribution in [1.29, 1.82) is 0 Å². The second-order valence-corrected chi connectivity index (χ2v) is 7.74. The topological polar surface area (TPSA) is 87.6 Å². The zero-order chi connectivity index (χ0) is 21.6. The second-order valence-electron chi connectivity index (χ2n) is 6.88. The van der Waals surface area contributed by atoms with Crippen LogP contribution in [0.4, 0.5) is 27.9 Å². The first kappa shape index (κ1) is 21.1.